The van der Waals surface area contributed by atoms with Gasteiger partial charge in [-0.2, -0.15) is 0 Å². The summed E-state index contributed by atoms with van der Waals surface area (Å²) in [6.07, 6.45) is 2.84. The highest BCUT2D eigenvalue weighted by molar-refractivity contribution is 4.79. The van der Waals surface area contributed by atoms with Crippen molar-refractivity contribution in [2.24, 2.45) is 11.8 Å². The molecule has 0 spiro atoms. The van der Waals surface area contributed by atoms with E-state index < -0.39 is 0 Å². The van der Waals surface area contributed by atoms with Crippen molar-refractivity contribution in [1.29, 1.82) is 0 Å². The van der Waals surface area contributed by atoms with Gasteiger partial charge in [0.15, 0.2) is 0 Å². The monoisotopic (exact) mass is 171 g/mol. The maximum Gasteiger partial charge on any atom is 0.0618 e. The van der Waals surface area contributed by atoms with Gasteiger partial charge in [-0.05, 0) is 31.2 Å². The summed E-state index contributed by atoms with van der Waals surface area (Å²) < 4.78 is 5.16. The first-order valence-electron chi connectivity index (χ1n) is 4.96. The molecule has 1 saturated carbocycles. The average Bonchev–Trinajstić information content (AvgIpc) is 2.80. The quantitative estimate of drug-likeness (QED) is 0.656. The van der Waals surface area contributed by atoms with Crippen molar-refractivity contribution in [2.45, 2.75) is 32.7 Å². The summed E-state index contributed by atoms with van der Waals surface area (Å²) in [7, 11) is 1.77. The third-order valence-electron chi connectivity index (χ3n) is 2.52. The minimum atomic E-state index is 0.538. The van der Waals surface area contributed by atoms with Crippen LogP contribution >= 0.6 is 0 Å². The second-order valence-electron chi connectivity index (χ2n) is 4.16. The van der Waals surface area contributed by atoms with Gasteiger partial charge in [0.05, 0.1) is 6.61 Å². The molecule has 1 aliphatic rings. The predicted octanol–water partition coefficient (Wildman–Crippen LogP) is 1.66. The smallest absolute Gasteiger partial charge is 0.0618 e. The molecule has 0 radical (unpaired) electrons. The van der Waals surface area contributed by atoms with Crippen LogP contribution in [0.4, 0.5) is 0 Å². The van der Waals surface area contributed by atoms with Gasteiger partial charge in [0.2, 0.25) is 0 Å². The van der Waals surface area contributed by atoms with Gasteiger partial charge in [0.25, 0.3) is 0 Å². The molecule has 0 aromatic carbocycles. The van der Waals surface area contributed by atoms with Crippen molar-refractivity contribution >= 4 is 0 Å². The fourth-order valence-corrected chi connectivity index (χ4v) is 1.31. The molecule has 0 aliphatic heterocycles. The topological polar surface area (TPSA) is 21.3 Å². The Morgan fingerprint density at radius 1 is 1.42 bits per heavy atom. The standard InChI is InChI=1S/C10H21NO/c1-8(2)10(7-12-3)11-6-9-4-5-9/h8-11H,4-7H2,1-3H3. The van der Waals surface area contributed by atoms with Crippen molar-refractivity contribution < 1.29 is 4.74 Å². The molecule has 2 nitrogen and oxygen atoms in total. The fraction of sp³-hybridized carbons (Fsp3) is 1.00. The van der Waals surface area contributed by atoms with Gasteiger partial charge in [-0.1, -0.05) is 13.8 Å². The first-order chi connectivity index (χ1) is 5.74. The second-order valence-corrected chi connectivity index (χ2v) is 4.16. The highest BCUT2D eigenvalue weighted by Crippen LogP contribution is 2.27. The molecule has 0 saturated heterocycles. The lowest BCUT2D eigenvalue weighted by Crippen LogP contribution is -2.38. The van der Waals surface area contributed by atoms with Crippen molar-refractivity contribution in [2.75, 3.05) is 20.3 Å². The highest BCUT2D eigenvalue weighted by atomic mass is 16.5. The van der Waals surface area contributed by atoms with Crippen LogP contribution in [-0.4, -0.2) is 26.3 Å². The van der Waals surface area contributed by atoms with Gasteiger partial charge in [0.1, 0.15) is 0 Å². The normalized spacial score (nSPS) is 20.0. The summed E-state index contributed by atoms with van der Waals surface area (Å²) in [4.78, 5) is 0. The van der Waals surface area contributed by atoms with E-state index in [1.54, 1.807) is 7.11 Å². The summed E-state index contributed by atoms with van der Waals surface area (Å²) in [5.41, 5.74) is 0. The predicted molar refractivity (Wildman–Crippen MR) is 51.2 cm³/mol. The molecule has 0 aromatic heterocycles. The van der Waals surface area contributed by atoms with Crippen LogP contribution in [0.15, 0.2) is 0 Å². The molecule has 0 aromatic rings. The van der Waals surface area contributed by atoms with Gasteiger partial charge in [-0.3, -0.25) is 0 Å². The summed E-state index contributed by atoms with van der Waals surface area (Å²) in [5.74, 6) is 1.63. The van der Waals surface area contributed by atoms with Crippen LogP contribution in [0.2, 0.25) is 0 Å². The van der Waals surface area contributed by atoms with E-state index in [4.69, 9.17) is 4.74 Å². The van der Waals surface area contributed by atoms with E-state index in [0.717, 1.165) is 12.5 Å². The van der Waals surface area contributed by atoms with Gasteiger partial charge >= 0.3 is 0 Å². The van der Waals surface area contributed by atoms with Gasteiger partial charge in [0, 0.05) is 13.2 Å². The molecule has 1 unspecified atom stereocenters. The Morgan fingerprint density at radius 3 is 2.50 bits per heavy atom. The third-order valence-corrected chi connectivity index (χ3v) is 2.52. The molecule has 12 heavy (non-hydrogen) atoms. The van der Waals surface area contributed by atoms with Crippen molar-refractivity contribution in [3.8, 4) is 0 Å². The van der Waals surface area contributed by atoms with Gasteiger partial charge in [-0.25, -0.2) is 0 Å². The summed E-state index contributed by atoms with van der Waals surface area (Å²) >= 11 is 0. The van der Waals surface area contributed by atoms with Crippen LogP contribution in [0, 0.1) is 11.8 Å². The molecule has 0 amide bonds. The molecule has 1 rings (SSSR count). The van der Waals surface area contributed by atoms with Crippen molar-refractivity contribution in [3.63, 3.8) is 0 Å². The van der Waals surface area contributed by atoms with Crippen LogP contribution in [-0.2, 0) is 4.74 Å². The minimum absolute atomic E-state index is 0.538. The lowest BCUT2D eigenvalue weighted by atomic mass is 10.1. The van der Waals surface area contributed by atoms with E-state index in [9.17, 15) is 0 Å². The van der Waals surface area contributed by atoms with Crippen LogP contribution < -0.4 is 5.32 Å². The van der Waals surface area contributed by atoms with Crippen LogP contribution in [0.25, 0.3) is 0 Å². The molecule has 1 aliphatic carbocycles. The van der Waals surface area contributed by atoms with E-state index in [1.165, 1.54) is 19.4 Å². The number of ether oxygens (including phenoxy) is 1. The van der Waals surface area contributed by atoms with E-state index in [1.807, 2.05) is 0 Å². The van der Waals surface area contributed by atoms with Crippen LogP contribution in [0.1, 0.15) is 26.7 Å². The largest absolute Gasteiger partial charge is 0.383 e. The van der Waals surface area contributed by atoms with E-state index in [2.05, 4.69) is 19.2 Å². The number of hydrogen-bond acceptors (Lipinski definition) is 2. The molecule has 0 heterocycles. The maximum absolute atomic E-state index is 5.16. The molecule has 1 atom stereocenters. The number of rotatable bonds is 6. The summed E-state index contributed by atoms with van der Waals surface area (Å²) in [6, 6.07) is 0.538. The first-order valence-corrected chi connectivity index (χ1v) is 4.96. The lowest BCUT2D eigenvalue weighted by Gasteiger charge is -2.21. The Morgan fingerprint density at radius 2 is 2.08 bits per heavy atom. The Hall–Kier alpha value is -0.0800. The minimum Gasteiger partial charge on any atom is -0.383 e. The van der Waals surface area contributed by atoms with E-state index in [-0.39, 0.29) is 0 Å². The molecule has 0 bridgehead atoms. The van der Waals surface area contributed by atoms with Gasteiger partial charge < -0.3 is 10.1 Å². The molecule has 72 valence electrons. The Labute approximate surface area is 75.7 Å². The lowest BCUT2D eigenvalue weighted by molar-refractivity contribution is 0.146. The molecule has 1 N–H and O–H groups in total. The van der Waals surface area contributed by atoms with Crippen molar-refractivity contribution in [1.82, 2.24) is 5.32 Å². The van der Waals surface area contributed by atoms with Crippen molar-refractivity contribution in [3.05, 3.63) is 0 Å². The van der Waals surface area contributed by atoms with E-state index in [0.29, 0.717) is 12.0 Å². The van der Waals surface area contributed by atoms with E-state index >= 15 is 0 Å². The zero-order chi connectivity index (χ0) is 8.97. The maximum atomic E-state index is 5.16. The zero-order valence-corrected chi connectivity index (χ0v) is 8.47. The number of nitrogens with one attached hydrogen (secondary N) is 1. The third kappa shape index (κ3) is 3.55. The zero-order valence-electron chi connectivity index (χ0n) is 8.47. The molecule has 2 heteroatoms. The Balaban J connectivity index is 2.11. The Kier molecular flexibility index (Phi) is 4.02. The molecular formula is C10H21NO. The first kappa shape index (κ1) is 10.0. The SMILES string of the molecule is COCC(NCC1CC1)C(C)C. The van der Waals surface area contributed by atoms with Crippen LogP contribution in [0.3, 0.4) is 0 Å². The second kappa shape index (κ2) is 4.83. The molecular weight excluding hydrogens is 150 g/mol. The highest BCUT2D eigenvalue weighted by Gasteiger charge is 2.22. The summed E-state index contributed by atoms with van der Waals surface area (Å²) in [6.45, 7) is 6.50. The summed E-state index contributed by atoms with van der Waals surface area (Å²) in [5, 5.41) is 3.56. The average molecular weight is 171 g/mol. The molecule has 1 fully saturated rings. The fourth-order valence-electron chi connectivity index (χ4n) is 1.31. The Bertz CT molecular complexity index is 121. The van der Waals surface area contributed by atoms with Crippen LogP contribution in [0.5, 0.6) is 0 Å². The van der Waals surface area contributed by atoms with Gasteiger partial charge in [-0.15, -0.1) is 0 Å². The number of methoxy groups -OCH3 is 1. The number of hydrogen-bond donors (Lipinski definition) is 1.